The Morgan fingerprint density at radius 3 is 3.35 bits per heavy atom. The Labute approximate surface area is 103 Å². The number of aryl methyl sites for hydroxylation is 1. The predicted octanol–water partition coefficient (Wildman–Crippen LogP) is 1.69. The minimum Gasteiger partial charge on any atom is -0.347 e. The van der Waals surface area contributed by atoms with Gasteiger partial charge in [0, 0.05) is 42.3 Å². The van der Waals surface area contributed by atoms with E-state index in [1.165, 1.54) is 0 Å². The summed E-state index contributed by atoms with van der Waals surface area (Å²) in [4.78, 5) is 16.2. The van der Waals surface area contributed by atoms with Gasteiger partial charge in [0.2, 0.25) is 0 Å². The number of imidazole rings is 1. The SMILES string of the molecule is O=C(NC1CCc2nccn2C1)c1ccsc1. The third kappa shape index (κ3) is 2.10. The first-order chi connectivity index (χ1) is 8.33. The number of carbonyl (C=O) groups excluding carboxylic acids is 1. The zero-order valence-electron chi connectivity index (χ0n) is 9.30. The highest BCUT2D eigenvalue weighted by atomic mass is 32.1. The number of rotatable bonds is 2. The number of nitrogens with one attached hydrogen (secondary N) is 1. The molecule has 0 saturated heterocycles. The van der Waals surface area contributed by atoms with Gasteiger partial charge in [0.25, 0.3) is 5.91 Å². The Kier molecular flexibility index (Phi) is 2.68. The monoisotopic (exact) mass is 247 g/mol. The lowest BCUT2D eigenvalue weighted by molar-refractivity contribution is 0.0928. The maximum absolute atomic E-state index is 11.9. The van der Waals surface area contributed by atoms with Gasteiger partial charge < -0.3 is 9.88 Å². The van der Waals surface area contributed by atoms with E-state index in [0.29, 0.717) is 0 Å². The smallest absolute Gasteiger partial charge is 0.252 e. The van der Waals surface area contributed by atoms with Gasteiger partial charge in [-0.05, 0) is 17.9 Å². The summed E-state index contributed by atoms with van der Waals surface area (Å²) >= 11 is 1.54. The zero-order chi connectivity index (χ0) is 11.7. The van der Waals surface area contributed by atoms with Gasteiger partial charge in [0.1, 0.15) is 5.82 Å². The van der Waals surface area contributed by atoms with E-state index in [-0.39, 0.29) is 11.9 Å². The molecule has 1 N–H and O–H groups in total. The maximum atomic E-state index is 11.9. The van der Waals surface area contributed by atoms with Crippen LogP contribution in [0.4, 0.5) is 0 Å². The topological polar surface area (TPSA) is 46.9 Å². The van der Waals surface area contributed by atoms with E-state index < -0.39 is 0 Å². The molecule has 1 aliphatic heterocycles. The van der Waals surface area contributed by atoms with Crippen molar-refractivity contribution in [2.24, 2.45) is 0 Å². The van der Waals surface area contributed by atoms with Gasteiger partial charge in [-0.15, -0.1) is 0 Å². The van der Waals surface area contributed by atoms with Crippen LogP contribution in [-0.4, -0.2) is 21.5 Å². The molecule has 0 aliphatic carbocycles. The number of thiophene rings is 1. The second-order valence-electron chi connectivity index (χ2n) is 4.22. The predicted molar refractivity (Wildman–Crippen MR) is 66.1 cm³/mol. The Morgan fingerprint density at radius 1 is 1.59 bits per heavy atom. The summed E-state index contributed by atoms with van der Waals surface area (Å²) in [7, 11) is 0. The summed E-state index contributed by atoms with van der Waals surface area (Å²) in [6.45, 7) is 0.825. The molecule has 1 unspecified atom stereocenters. The maximum Gasteiger partial charge on any atom is 0.252 e. The number of hydrogen-bond donors (Lipinski definition) is 1. The van der Waals surface area contributed by atoms with Crippen LogP contribution in [0, 0.1) is 0 Å². The minimum absolute atomic E-state index is 0.0276. The number of hydrogen-bond acceptors (Lipinski definition) is 3. The first-order valence-electron chi connectivity index (χ1n) is 5.66. The Hall–Kier alpha value is -1.62. The van der Waals surface area contributed by atoms with Crippen molar-refractivity contribution in [2.45, 2.75) is 25.4 Å². The van der Waals surface area contributed by atoms with Gasteiger partial charge in [0.05, 0.1) is 0 Å². The molecule has 0 bridgehead atoms. The molecule has 0 spiro atoms. The first-order valence-corrected chi connectivity index (χ1v) is 6.60. The Balaban J connectivity index is 1.66. The summed E-state index contributed by atoms with van der Waals surface area (Å²) in [6, 6.07) is 2.06. The van der Waals surface area contributed by atoms with Crippen molar-refractivity contribution in [1.29, 1.82) is 0 Å². The van der Waals surface area contributed by atoms with Crippen LogP contribution in [-0.2, 0) is 13.0 Å². The van der Waals surface area contributed by atoms with Gasteiger partial charge in [-0.2, -0.15) is 11.3 Å². The lowest BCUT2D eigenvalue weighted by atomic mass is 10.1. The van der Waals surface area contributed by atoms with E-state index in [0.717, 1.165) is 30.8 Å². The average Bonchev–Trinajstić information content (AvgIpc) is 2.99. The molecule has 2 aromatic rings. The molecule has 0 saturated carbocycles. The molecule has 2 aromatic heterocycles. The van der Waals surface area contributed by atoms with Crippen molar-refractivity contribution in [1.82, 2.24) is 14.9 Å². The molecule has 88 valence electrons. The molecule has 5 heteroatoms. The largest absolute Gasteiger partial charge is 0.347 e. The fourth-order valence-electron chi connectivity index (χ4n) is 2.15. The van der Waals surface area contributed by atoms with Gasteiger partial charge in [-0.1, -0.05) is 0 Å². The van der Waals surface area contributed by atoms with Crippen LogP contribution >= 0.6 is 11.3 Å². The summed E-state index contributed by atoms with van der Waals surface area (Å²) in [6.07, 6.45) is 5.69. The summed E-state index contributed by atoms with van der Waals surface area (Å²) in [5.74, 6) is 1.14. The molecule has 1 atom stereocenters. The van der Waals surface area contributed by atoms with Crippen LogP contribution in [0.15, 0.2) is 29.2 Å². The standard InChI is InChI=1S/C12H13N3OS/c16-12(9-3-6-17-8-9)14-10-1-2-11-13-4-5-15(11)7-10/h3-6,8,10H,1-2,7H2,(H,14,16). The average molecular weight is 247 g/mol. The van der Waals surface area contributed by atoms with Crippen molar-refractivity contribution >= 4 is 17.2 Å². The van der Waals surface area contributed by atoms with Crippen LogP contribution in [0.1, 0.15) is 22.6 Å². The number of carbonyl (C=O) groups is 1. The van der Waals surface area contributed by atoms with Gasteiger partial charge in [-0.25, -0.2) is 4.98 Å². The van der Waals surface area contributed by atoms with E-state index in [9.17, 15) is 4.79 Å². The molecule has 3 rings (SSSR count). The normalized spacial score (nSPS) is 18.7. The molecule has 3 heterocycles. The van der Waals surface area contributed by atoms with E-state index in [2.05, 4.69) is 14.9 Å². The number of nitrogens with zero attached hydrogens (tertiary/aromatic N) is 2. The fraction of sp³-hybridized carbons (Fsp3) is 0.333. The second kappa shape index (κ2) is 4.33. The van der Waals surface area contributed by atoms with Gasteiger partial charge >= 0.3 is 0 Å². The highest BCUT2D eigenvalue weighted by Crippen LogP contribution is 2.14. The van der Waals surface area contributed by atoms with Gasteiger partial charge in [-0.3, -0.25) is 4.79 Å². The highest BCUT2D eigenvalue weighted by molar-refractivity contribution is 7.08. The van der Waals surface area contributed by atoms with E-state index in [1.807, 2.05) is 29.2 Å². The van der Waals surface area contributed by atoms with Crippen molar-refractivity contribution in [2.75, 3.05) is 0 Å². The zero-order valence-corrected chi connectivity index (χ0v) is 10.1. The molecule has 4 nitrogen and oxygen atoms in total. The van der Waals surface area contributed by atoms with Crippen LogP contribution in [0.25, 0.3) is 0 Å². The molecule has 1 aliphatic rings. The number of amides is 1. The lowest BCUT2D eigenvalue weighted by Crippen LogP contribution is -2.40. The minimum atomic E-state index is 0.0276. The molecule has 0 fully saturated rings. The number of aromatic nitrogens is 2. The Bertz CT molecular complexity index is 518. The van der Waals surface area contributed by atoms with Crippen LogP contribution in [0.3, 0.4) is 0 Å². The molecule has 17 heavy (non-hydrogen) atoms. The molecular weight excluding hydrogens is 234 g/mol. The number of fused-ring (bicyclic) bond motifs is 1. The molecule has 0 aromatic carbocycles. The van der Waals surface area contributed by atoms with Crippen LogP contribution < -0.4 is 5.32 Å². The summed E-state index contributed by atoms with van der Waals surface area (Å²) in [5.41, 5.74) is 0.756. The summed E-state index contributed by atoms with van der Waals surface area (Å²) < 4.78 is 2.11. The van der Waals surface area contributed by atoms with E-state index in [1.54, 1.807) is 11.3 Å². The summed E-state index contributed by atoms with van der Waals surface area (Å²) in [5, 5.41) is 6.87. The van der Waals surface area contributed by atoms with Crippen LogP contribution in [0.2, 0.25) is 0 Å². The molecular formula is C12H13N3OS. The van der Waals surface area contributed by atoms with E-state index >= 15 is 0 Å². The third-order valence-corrected chi connectivity index (χ3v) is 3.74. The quantitative estimate of drug-likeness (QED) is 0.878. The van der Waals surface area contributed by atoms with Crippen molar-refractivity contribution in [3.8, 4) is 0 Å². The van der Waals surface area contributed by atoms with E-state index in [4.69, 9.17) is 0 Å². The first kappa shape index (κ1) is 10.5. The second-order valence-corrected chi connectivity index (χ2v) is 5.00. The Morgan fingerprint density at radius 2 is 2.53 bits per heavy atom. The fourth-order valence-corrected chi connectivity index (χ4v) is 2.78. The van der Waals surface area contributed by atoms with Crippen LogP contribution in [0.5, 0.6) is 0 Å². The van der Waals surface area contributed by atoms with Crippen molar-refractivity contribution in [3.63, 3.8) is 0 Å². The lowest BCUT2D eigenvalue weighted by Gasteiger charge is -2.24. The molecule has 1 amide bonds. The highest BCUT2D eigenvalue weighted by Gasteiger charge is 2.20. The van der Waals surface area contributed by atoms with Gasteiger partial charge in [0.15, 0.2) is 0 Å². The molecule has 0 radical (unpaired) electrons. The van der Waals surface area contributed by atoms with Crippen molar-refractivity contribution in [3.05, 3.63) is 40.6 Å². The van der Waals surface area contributed by atoms with Crippen molar-refractivity contribution < 1.29 is 4.79 Å². The third-order valence-electron chi connectivity index (χ3n) is 3.05.